The second-order valence-corrected chi connectivity index (χ2v) is 5.01. The van der Waals surface area contributed by atoms with E-state index in [1.54, 1.807) is 6.07 Å². The molecule has 20 heavy (non-hydrogen) atoms. The molecule has 1 aromatic carbocycles. The Morgan fingerprint density at radius 1 is 1.35 bits per heavy atom. The van der Waals surface area contributed by atoms with E-state index in [2.05, 4.69) is 10.1 Å². The van der Waals surface area contributed by atoms with Gasteiger partial charge in [0.05, 0.1) is 6.67 Å². The smallest absolute Gasteiger partial charge is 0.143 e. The van der Waals surface area contributed by atoms with E-state index in [0.29, 0.717) is 18.7 Å². The van der Waals surface area contributed by atoms with E-state index in [1.807, 2.05) is 6.07 Å². The van der Waals surface area contributed by atoms with Gasteiger partial charge in [0, 0.05) is 37.2 Å². The van der Waals surface area contributed by atoms with Gasteiger partial charge >= 0.3 is 0 Å². The average molecular weight is 278 g/mol. The Balaban J connectivity index is 1.87. The molecule has 2 heterocycles. The second kappa shape index (κ2) is 5.71. The first-order valence-corrected chi connectivity index (χ1v) is 6.79. The molecule has 3 rings (SSSR count). The molecule has 1 aliphatic heterocycles. The van der Waals surface area contributed by atoms with Crippen molar-refractivity contribution in [1.82, 2.24) is 10.1 Å². The Bertz CT molecular complexity index is 597. The van der Waals surface area contributed by atoms with E-state index in [1.165, 1.54) is 12.1 Å². The van der Waals surface area contributed by atoms with Crippen molar-refractivity contribution < 1.29 is 13.3 Å². The highest BCUT2D eigenvalue weighted by Crippen LogP contribution is 2.30. The van der Waals surface area contributed by atoms with Gasteiger partial charge in [0.2, 0.25) is 0 Å². The molecular weight excluding hydrogens is 262 g/mol. The third-order valence-corrected chi connectivity index (χ3v) is 3.61. The first kappa shape index (κ1) is 13.2. The van der Waals surface area contributed by atoms with Gasteiger partial charge < -0.3 is 4.52 Å². The first-order valence-electron chi connectivity index (χ1n) is 6.79. The number of fused-ring (bicyclic) bond motifs is 1. The molecule has 0 N–H and O–H groups in total. The van der Waals surface area contributed by atoms with Gasteiger partial charge in [-0.15, -0.1) is 0 Å². The van der Waals surface area contributed by atoms with Crippen LogP contribution in [0.5, 0.6) is 0 Å². The molecule has 3 nitrogen and oxygen atoms in total. The molecule has 106 valence electrons. The average Bonchev–Trinajstić information content (AvgIpc) is 2.88. The molecule has 0 atom stereocenters. The number of alkyl halides is 1. The highest BCUT2D eigenvalue weighted by atomic mass is 19.1. The molecule has 2 aromatic rings. The molecule has 1 aliphatic rings. The predicted molar refractivity (Wildman–Crippen MR) is 71.5 cm³/mol. The Kier molecular flexibility index (Phi) is 3.78. The largest absolute Gasteiger partial charge is 0.360 e. The van der Waals surface area contributed by atoms with Crippen molar-refractivity contribution in [3.8, 4) is 11.3 Å². The fourth-order valence-electron chi connectivity index (χ4n) is 2.60. The summed E-state index contributed by atoms with van der Waals surface area (Å²) in [6.07, 6.45) is 1.31. The summed E-state index contributed by atoms with van der Waals surface area (Å²) >= 11 is 0. The van der Waals surface area contributed by atoms with Crippen LogP contribution in [0.3, 0.4) is 0 Å². The molecule has 0 unspecified atom stereocenters. The van der Waals surface area contributed by atoms with Crippen molar-refractivity contribution in [2.75, 3.05) is 19.8 Å². The SMILES string of the molecule is FCCCN1CCc2onc(-c3cccc(F)c3)c2C1. The molecule has 0 radical (unpaired) electrons. The normalized spacial score (nSPS) is 15.3. The summed E-state index contributed by atoms with van der Waals surface area (Å²) in [6.45, 7) is 1.96. The van der Waals surface area contributed by atoms with Crippen molar-refractivity contribution >= 4 is 0 Å². The Labute approximate surface area is 116 Å². The van der Waals surface area contributed by atoms with E-state index in [4.69, 9.17) is 4.52 Å². The lowest BCUT2D eigenvalue weighted by atomic mass is 10.0. The van der Waals surface area contributed by atoms with Crippen LogP contribution in [0.1, 0.15) is 17.7 Å². The maximum absolute atomic E-state index is 13.3. The van der Waals surface area contributed by atoms with Crippen molar-refractivity contribution in [3.05, 3.63) is 41.4 Å². The van der Waals surface area contributed by atoms with E-state index in [-0.39, 0.29) is 12.5 Å². The zero-order chi connectivity index (χ0) is 13.9. The first-order chi connectivity index (χ1) is 9.78. The van der Waals surface area contributed by atoms with E-state index >= 15 is 0 Å². The summed E-state index contributed by atoms with van der Waals surface area (Å²) in [4.78, 5) is 2.18. The van der Waals surface area contributed by atoms with Gasteiger partial charge in [-0.2, -0.15) is 0 Å². The quantitative estimate of drug-likeness (QED) is 0.860. The summed E-state index contributed by atoms with van der Waals surface area (Å²) < 4.78 is 31.0. The molecule has 0 bridgehead atoms. The van der Waals surface area contributed by atoms with E-state index in [9.17, 15) is 8.78 Å². The highest BCUT2D eigenvalue weighted by molar-refractivity contribution is 5.63. The molecule has 0 fully saturated rings. The number of hydrogen-bond acceptors (Lipinski definition) is 3. The number of rotatable bonds is 4. The van der Waals surface area contributed by atoms with Gasteiger partial charge in [0.25, 0.3) is 0 Å². The summed E-state index contributed by atoms with van der Waals surface area (Å²) in [7, 11) is 0. The maximum atomic E-state index is 13.3. The topological polar surface area (TPSA) is 29.3 Å². The lowest BCUT2D eigenvalue weighted by molar-refractivity contribution is 0.226. The molecule has 0 saturated carbocycles. The van der Waals surface area contributed by atoms with Gasteiger partial charge in [-0.3, -0.25) is 9.29 Å². The van der Waals surface area contributed by atoms with Gasteiger partial charge in [0.1, 0.15) is 17.3 Å². The molecule has 0 saturated heterocycles. The van der Waals surface area contributed by atoms with Crippen LogP contribution in [0.15, 0.2) is 28.8 Å². The minimum Gasteiger partial charge on any atom is -0.360 e. The third-order valence-electron chi connectivity index (χ3n) is 3.61. The standard InChI is InChI=1S/C15H16F2N2O/c16-6-2-7-19-8-5-14-13(10-19)15(18-20-14)11-3-1-4-12(17)9-11/h1,3-4,9H,2,5-8,10H2. The van der Waals surface area contributed by atoms with Crippen LogP contribution in [0.4, 0.5) is 8.78 Å². The van der Waals surface area contributed by atoms with Crippen LogP contribution in [0.2, 0.25) is 0 Å². The summed E-state index contributed by atoms with van der Waals surface area (Å²) in [5, 5.41) is 4.08. The lowest BCUT2D eigenvalue weighted by Crippen LogP contribution is -2.31. The van der Waals surface area contributed by atoms with Gasteiger partial charge in [-0.05, 0) is 18.6 Å². The summed E-state index contributed by atoms with van der Waals surface area (Å²) in [5.41, 5.74) is 2.42. The maximum Gasteiger partial charge on any atom is 0.143 e. The number of halogens is 2. The van der Waals surface area contributed by atoms with Crippen molar-refractivity contribution in [2.45, 2.75) is 19.4 Å². The van der Waals surface area contributed by atoms with E-state index < -0.39 is 0 Å². The fourth-order valence-corrected chi connectivity index (χ4v) is 2.60. The molecule has 1 aromatic heterocycles. The van der Waals surface area contributed by atoms with Crippen molar-refractivity contribution in [1.29, 1.82) is 0 Å². The molecule has 0 spiro atoms. The highest BCUT2D eigenvalue weighted by Gasteiger charge is 2.24. The Morgan fingerprint density at radius 3 is 3.05 bits per heavy atom. The van der Waals surface area contributed by atoms with Crippen LogP contribution in [-0.2, 0) is 13.0 Å². The van der Waals surface area contributed by atoms with Crippen molar-refractivity contribution in [3.63, 3.8) is 0 Å². The second-order valence-electron chi connectivity index (χ2n) is 5.01. The minimum absolute atomic E-state index is 0.288. The van der Waals surface area contributed by atoms with Crippen LogP contribution in [-0.4, -0.2) is 29.8 Å². The van der Waals surface area contributed by atoms with Crippen molar-refractivity contribution in [2.24, 2.45) is 0 Å². The number of hydrogen-bond donors (Lipinski definition) is 0. The zero-order valence-electron chi connectivity index (χ0n) is 11.1. The lowest BCUT2D eigenvalue weighted by Gasteiger charge is -2.25. The van der Waals surface area contributed by atoms with Gasteiger partial charge in [-0.25, -0.2) is 4.39 Å². The molecule has 5 heteroatoms. The third kappa shape index (κ3) is 2.58. The number of benzene rings is 1. The van der Waals surface area contributed by atoms with Gasteiger partial charge in [-0.1, -0.05) is 17.3 Å². The Morgan fingerprint density at radius 2 is 2.25 bits per heavy atom. The van der Waals surface area contributed by atoms with Gasteiger partial charge in [0.15, 0.2) is 0 Å². The predicted octanol–water partition coefficient (Wildman–Crippen LogP) is 3.20. The molecular formula is C15H16F2N2O. The van der Waals surface area contributed by atoms with Crippen LogP contribution >= 0.6 is 0 Å². The molecule has 0 amide bonds. The van der Waals surface area contributed by atoms with Crippen LogP contribution in [0.25, 0.3) is 11.3 Å². The van der Waals surface area contributed by atoms with Crippen LogP contribution in [0, 0.1) is 5.82 Å². The number of aromatic nitrogens is 1. The Hall–Kier alpha value is -1.75. The van der Waals surface area contributed by atoms with Crippen LogP contribution < -0.4 is 0 Å². The summed E-state index contributed by atoms with van der Waals surface area (Å²) in [6, 6.07) is 6.35. The monoisotopic (exact) mass is 278 g/mol. The minimum atomic E-state index is -0.302. The zero-order valence-corrected chi connectivity index (χ0v) is 11.1. The molecule has 0 aliphatic carbocycles. The van der Waals surface area contributed by atoms with E-state index in [0.717, 1.165) is 36.4 Å². The summed E-state index contributed by atoms with van der Waals surface area (Å²) in [5.74, 6) is 0.574. The fraction of sp³-hybridized carbons (Fsp3) is 0.400. The number of nitrogens with zero attached hydrogens (tertiary/aromatic N) is 2.